The highest BCUT2D eigenvalue weighted by molar-refractivity contribution is 6.94. The van der Waals surface area contributed by atoms with Crippen LogP contribution in [0.15, 0.2) is 82.3 Å². The van der Waals surface area contributed by atoms with E-state index >= 15 is 0 Å². The smallest absolute Gasteiger partial charge is 0.256 e. The average Bonchev–Trinajstić information content (AvgIpc) is 3.38. The van der Waals surface area contributed by atoms with E-state index in [1.54, 1.807) is 5.70 Å². The number of rotatable bonds is 0. The summed E-state index contributed by atoms with van der Waals surface area (Å²) in [5.74, 6) is 2.44. The molecule has 9 rings (SSSR count). The van der Waals surface area contributed by atoms with Crippen LogP contribution in [0, 0.1) is 11.3 Å². The van der Waals surface area contributed by atoms with Crippen LogP contribution in [-0.4, -0.2) is 12.3 Å². The van der Waals surface area contributed by atoms with Crippen molar-refractivity contribution < 1.29 is 9.15 Å². The van der Waals surface area contributed by atoms with Crippen LogP contribution in [0.4, 0.5) is 5.69 Å². The molecular weight excluding hydrogens is 441 g/mol. The second kappa shape index (κ2) is 6.29. The lowest BCUT2D eigenvalue weighted by atomic mass is 9.33. The van der Waals surface area contributed by atoms with E-state index in [9.17, 15) is 0 Å². The Morgan fingerprint density at radius 2 is 1.83 bits per heavy atom. The fourth-order valence-electron chi connectivity index (χ4n) is 8.72. The van der Waals surface area contributed by atoms with Gasteiger partial charge in [0.1, 0.15) is 11.3 Å². The molecule has 0 radical (unpaired) electrons. The van der Waals surface area contributed by atoms with Gasteiger partial charge in [0, 0.05) is 33.6 Å². The highest BCUT2D eigenvalue weighted by Gasteiger charge is 2.64. The van der Waals surface area contributed by atoms with E-state index < -0.39 is 0 Å². The number of hydrogen-bond acceptors (Lipinski definition) is 3. The first kappa shape index (κ1) is 19.8. The maximum absolute atomic E-state index is 6.78. The van der Waals surface area contributed by atoms with Crippen LogP contribution in [0.5, 0.6) is 11.5 Å². The molecule has 4 heteroatoms. The van der Waals surface area contributed by atoms with Gasteiger partial charge >= 0.3 is 0 Å². The van der Waals surface area contributed by atoms with Crippen LogP contribution >= 0.6 is 0 Å². The second-order valence-corrected chi connectivity index (χ2v) is 11.9. The van der Waals surface area contributed by atoms with E-state index in [0.29, 0.717) is 5.92 Å². The van der Waals surface area contributed by atoms with Crippen LogP contribution in [0.1, 0.15) is 46.0 Å². The molecule has 0 amide bonds. The van der Waals surface area contributed by atoms with Crippen LogP contribution in [0.2, 0.25) is 0 Å². The van der Waals surface area contributed by atoms with Crippen LogP contribution < -0.4 is 20.6 Å². The van der Waals surface area contributed by atoms with Crippen molar-refractivity contribution in [3.63, 3.8) is 0 Å². The molecule has 1 aromatic heterocycles. The summed E-state index contributed by atoms with van der Waals surface area (Å²) in [6.45, 7) is 5.30. The van der Waals surface area contributed by atoms with Crippen molar-refractivity contribution in [2.75, 3.05) is 4.90 Å². The fraction of sp³-hybridized carbons (Fsp3) is 0.312. The molecule has 1 saturated carbocycles. The van der Waals surface area contributed by atoms with Crippen molar-refractivity contribution in [1.29, 1.82) is 0 Å². The first-order chi connectivity index (χ1) is 17.6. The second-order valence-electron chi connectivity index (χ2n) is 11.9. The highest BCUT2D eigenvalue weighted by Crippen LogP contribution is 2.65. The van der Waals surface area contributed by atoms with Crippen molar-refractivity contribution in [3.8, 4) is 11.5 Å². The van der Waals surface area contributed by atoms with Crippen molar-refractivity contribution in [3.05, 3.63) is 77.9 Å². The Morgan fingerprint density at radius 1 is 0.944 bits per heavy atom. The maximum atomic E-state index is 6.78. The van der Waals surface area contributed by atoms with Crippen molar-refractivity contribution in [1.82, 2.24) is 0 Å². The van der Waals surface area contributed by atoms with Crippen molar-refractivity contribution in [2.45, 2.75) is 51.5 Å². The largest absolute Gasteiger partial charge is 0.454 e. The van der Waals surface area contributed by atoms with Gasteiger partial charge in [0.05, 0.1) is 0 Å². The summed E-state index contributed by atoms with van der Waals surface area (Å²) >= 11 is 0. The molecule has 0 bridgehead atoms. The quantitative estimate of drug-likeness (QED) is 0.264. The number of hydrogen-bond donors (Lipinski definition) is 0. The zero-order valence-electron chi connectivity index (χ0n) is 20.8. The molecule has 3 atom stereocenters. The number of furan rings is 1. The molecule has 1 saturated heterocycles. The Hall–Kier alpha value is -3.40. The standard InChI is InChI=1S/C32H28BNO2/c1-31-17-5-6-18-32(31,2)34-24-12-8-14-26-27(24)33(22-11-7-10-21(31)28(22)34)23-16-15-20-19-9-3-4-13-25(19)35-29(20)30(23)36-26/h3-4,7-9,11-16,21H,5-6,10,17-18H2,1-2H3/t21-,31?,32?/m0/s1. The van der Waals surface area contributed by atoms with Gasteiger partial charge in [0.2, 0.25) is 0 Å². The van der Waals surface area contributed by atoms with Crippen LogP contribution in [0.25, 0.3) is 21.9 Å². The Bertz CT molecular complexity index is 1710. The van der Waals surface area contributed by atoms with E-state index in [1.165, 1.54) is 47.8 Å². The zero-order chi connectivity index (χ0) is 23.8. The number of ether oxygens (including phenoxy) is 1. The monoisotopic (exact) mass is 469 g/mol. The predicted molar refractivity (Wildman–Crippen MR) is 147 cm³/mol. The van der Waals surface area contributed by atoms with Gasteiger partial charge in [-0.25, -0.2) is 0 Å². The number of allylic oxidation sites excluding steroid dienone is 4. The fourth-order valence-corrected chi connectivity index (χ4v) is 8.72. The molecule has 4 heterocycles. The van der Waals surface area contributed by atoms with Gasteiger partial charge in [0.15, 0.2) is 11.3 Å². The Labute approximate surface area is 211 Å². The SMILES string of the molecule is CC12CCCCC1(C)N1C3=C(C=CC[C@@H]32)B2c3ccc4c(oc5ccccc54)c3Oc3cccc1c32. The van der Waals surface area contributed by atoms with Crippen LogP contribution in [0.3, 0.4) is 0 Å². The van der Waals surface area contributed by atoms with Gasteiger partial charge in [-0.15, -0.1) is 0 Å². The molecule has 36 heavy (non-hydrogen) atoms. The Balaban J connectivity index is 1.37. The summed E-state index contributed by atoms with van der Waals surface area (Å²) in [6.07, 6.45) is 11.3. The number of fused-ring (bicyclic) bond motifs is 11. The molecule has 3 aromatic carbocycles. The molecule has 3 nitrogen and oxygen atoms in total. The van der Waals surface area contributed by atoms with Gasteiger partial charge in [-0.2, -0.15) is 0 Å². The molecule has 2 fully saturated rings. The third-order valence-corrected chi connectivity index (χ3v) is 10.6. The lowest BCUT2D eigenvalue weighted by molar-refractivity contribution is 0.0847. The molecule has 2 aliphatic carbocycles. The molecule has 4 aromatic rings. The Morgan fingerprint density at radius 3 is 2.78 bits per heavy atom. The summed E-state index contributed by atoms with van der Waals surface area (Å²) in [5, 5.41) is 2.27. The molecule has 5 aliphatic rings. The zero-order valence-corrected chi connectivity index (χ0v) is 20.8. The number of benzene rings is 3. The molecular formula is C32H28BNO2. The van der Waals surface area contributed by atoms with Gasteiger partial charge in [-0.05, 0) is 66.2 Å². The molecule has 0 spiro atoms. The van der Waals surface area contributed by atoms with Crippen LogP contribution in [-0.2, 0) is 0 Å². The predicted octanol–water partition coefficient (Wildman–Crippen LogP) is 6.84. The van der Waals surface area contributed by atoms with Gasteiger partial charge in [-0.1, -0.05) is 68.3 Å². The number of para-hydroxylation sites is 1. The van der Waals surface area contributed by atoms with Crippen molar-refractivity contribution in [2.24, 2.45) is 11.3 Å². The minimum absolute atomic E-state index is 0.131. The summed E-state index contributed by atoms with van der Waals surface area (Å²) in [7, 11) is 0. The molecule has 176 valence electrons. The topological polar surface area (TPSA) is 25.6 Å². The minimum atomic E-state index is 0.131. The maximum Gasteiger partial charge on any atom is 0.256 e. The lowest BCUT2D eigenvalue weighted by Gasteiger charge is -2.52. The van der Waals surface area contributed by atoms with Gasteiger partial charge < -0.3 is 14.1 Å². The first-order valence-electron chi connectivity index (χ1n) is 13.6. The minimum Gasteiger partial charge on any atom is -0.454 e. The molecule has 0 N–H and O–H groups in total. The van der Waals surface area contributed by atoms with Gasteiger partial charge in [0.25, 0.3) is 6.71 Å². The third-order valence-electron chi connectivity index (χ3n) is 10.6. The normalized spacial score (nSPS) is 29.2. The number of anilines is 1. The summed E-state index contributed by atoms with van der Waals surface area (Å²) in [5.41, 5.74) is 9.18. The van der Waals surface area contributed by atoms with Gasteiger partial charge in [-0.3, -0.25) is 0 Å². The average molecular weight is 469 g/mol. The molecule has 3 aliphatic heterocycles. The van der Waals surface area contributed by atoms with Crippen molar-refractivity contribution >= 4 is 45.3 Å². The summed E-state index contributed by atoms with van der Waals surface area (Å²) < 4.78 is 13.2. The van der Waals surface area contributed by atoms with E-state index in [4.69, 9.17) is 9.15 Å². The summed E-state index contributed by atoms with van der Waals surface area (Å²) in [4.78, 5) is 2.78. The van der Waals surface area contributed by atoms with E-state index in [2.05, 4.69) is 79.4 Å². The first-order valence-corrected chi connectivity index (χ1v) is 13.6. The summed E-state index contributed by atoms with van der Waals surface area (Å²) in [6, 6.07) is 19.6. The molecule has 2 unspecified atom stereocenters. The highest BCUT2D eigenvalue weighted by atomic mass is 16.5. The number of nitrogens with zero attached hydrogens (tertiary/aromatic N) is 1. The van der Waals surface area contributed by atoms with E-state index in [-0.39, 0.29) is 17.7 Å². The third kappa shape index (κ3) is 2.04. The van der Waals surface area contributed by atoms with E-state index in [1.807, 2.05) is 6.07 Å². The lowest BCUT2D eigenvalue weighted by Crippen LogP contribution is -2.58. The van der Waals surface area contributed by atoms with E-state index in [0.717, 1.165) is 39.9 Å². The Kier molecular flexibility index (Phi) is 3.45.